The molecule has 0 aliphatic heterocycles. The average Bonchev–Trinajstić information content (AvgIpc) is 2.86. The van der Waals surface area contributed by atoms with Crippen LogP contribution in [0, 0.1) is 6.92 Å². The van der Waals surface area contributed by atoms with Gasteiger partial charge in [0.05, 0.1) is 5.69 Å². The van der Waals surface area contributed by atoms with Crippen molar-refractivity contribution in [2.75, 3.05) is 4.72 Å². The van der Waals surface area contributed by atoms with Crippen molar-refractivity contribution in [3.05, 3.63) is 29.0 Å². The zero-order valence-corrected chi connectivity index (χ0v) is 10.7. The minimum Gasteiger partial charge on any atom is -0.363 e. The van der Waals surface area contributed by atoms with Crippen molar-refractivity contribution in [1.29, 1.82) is 0 Å². The number of nitrogens with one attached hydrogen (secondary N) is 2. The van der Waals surface area contributed by atoms with Crippen LogP contribution >= 0.6 is 11.3 Å². The molecular formula is C9H12N4O2S2. The summed E-state index contributed by atoms with van der Waals surface area (Å²) in [5.41, 5.74) is 6.85. The minimum absolute atomic E-state index is 0.158. The first-order valence-corrected chi connectivity index (χ1v) is 7.20. The number of sulfonamides is 1. The second-order valence-corrected chi connectivity index (χ2v) is 6.00. The third-order valence-electron chi connectivity index (χ3n) is 2.09. The average molecular weight is 272 g/mol. The molecule has 0 aliphatic carbocycles. The maximum Gasteiger partial charge on any atom is 0.265 e. The van der Waals surface area contributed by atoms with Crippen LogP contribution in [0.2, 0.25) is 0 Å². The quantitative estimate of drug-likeness (QED) is 0.774. The number of nitrogens with zero attached hydrogens (tertiary/aromatic N) is 1. The fraction of sp³-hybridized carbons (Fsp3) is 0.222. The maximum atomic E-state index is 11.9. The van der Waals surface area contributed by atoms with Gasteiger partial charge in [-0.2, -0.15) is 0 Å². The molecule has 92 valence electrons. The van der Waals surface area contributed by atoms with E-state index in [1.165, 1.54) is 23.6 Å². The van der Waals surface area contributed by atoms with E-state index in [9.17, 15) is 8.42 Å². The molecule has 2 aromatic rings. The number of nitrogens with two attached hydrogens (primary N) is 1. The van der Waals surface area contributed by atoms with Gasteiger partial charge in [0.2, 0.25) is 0 Å². The summed E-state index contributed by atoms with van der Waals surface area (Å²) in [4.78, 5) is 6.99. The molecule has 0 saturated heterocycles. The topological polar surface area (TPSA) is 101 Å². The van der Waals surface area contributed by atoms with Crippen LogP contribution in [0.5, 0.6) is 0 Å². The second kappa shape index (κ2) is 4.47. The predicted octanol–water partition coefficient (Wildman–Crippen LogP) is 1.04. The van der Waals surface area contributed by atoms with E-state index in [2.05, 4.69) is 14.7 Å². The highest BCUT2D eigenvalue weighted by Gasteiger charge is 2.17. The van der Waals surface area contributed by atoms with Crippen molar-refractivity contribution in [3.8, 4) is 0 Å². The molecule has 0 atom stereocenters. The molecule has 8 heteroatoms. The van der Waals surface area contributed by atoms with E-state index in [4.69, 9.17) is 5.73 Å². The Balaban J connectivity index is 2.24. The lowest BCUT2D eigenvalue weighted by molar-refractivity contribution is 0.601. The summed E-state index contributed by atoms with van der Waals surface area (Å²) in [7, 11) is -3.58. The molecular weight excluding hydrogens is 260 g/mol. The lowest BCUT2D eigenvalue weighted by Gasteiger charge is -2.01. The molecule has 0 aliphatic rings. The Morgan fingerprint density at radius 2 is 2.35 bits per heavy atom. The van der Waals surface area contributed by atoms with Crippen LogP contribution in [0.3, 0.4) is 0 Å². The summed E-state index contributed by atoms with van der Waals surface area (Å²) < 4.78 is 26.3. The normalized spacial score (nSPS) is 11.6. The van der Waals surface area contributed by atoms with Gasteiger partial charge < -0.3 is 10.7 Å². The van der Waals surface area contributed by atoms with Crippen molar-refractivity contribution in [2.45, 2.75) is 18.4 Å². The molecule has 4 N–H and O–H groups in total. The van der Waals surface area contributed by atoms with E-state index in [-0.39, 0.29) is 11.4 Å². The molecule has 2 heterocycles. The van der Waals surface area contributed by atoms with E-state index >= 15 is 0 Å². The Bertz CT molecular complexity index is 614. The molecule has 0 bridgehead atoms. The Hall–Kier alpha value is -1.38. The van der Waals surface area contributed by atoms with Gasteiger partial charge in [0, 0.05) is 23.8 Å². The minimum atomic E-state index is -3.58. The van der Waals surface area contributed by atoms with Gasteiger partial charge in [0.1, 0.15) is 4.90 Å². The summed E-state index contributed by atoms with van der Waals surface area (Å²) >= 11 is 1.25. The SMILES string of the molecule is Cc1csc(NS(=O)(=O)c2c[nH]c(CN)c2)n1. The number of anilines is 1. The Morgan fingerprint density at radius 3 is 2.88 bits per heavy atom. The number of aryl methyl sites for hydroxylation is 1. The molecule has 0 saturated carbocycles. The monoisotopic (exact) mass is 272 g/mol. The third-order valence-corrected chi connectivity index (χ3v) is 4.41. The van der Waals surface area contributed by atoms with Gasteiger partial charge in [-0.1, -0.05) is 0 Å². The van der Waals surface area contributed by atoms with Gasteiger partial charge in [-0.25, -0.2) is 13.4 Å². The summed E-state index contributed by atoms with van der Waals surface area (Å²) in [6.07, 6.45) is 1.41. The molecule has 2 aromatic heterocycles. The first-order chi connectivity index (χ1) is 8.01. The molecule has 17 heavy (non-hydrogen) atoms. The van der Waals surface area contributed by atoms with Gasteiger partial charge >= 0.3 is 0 Å². The van der Waals surface area contributed by atoms with E-state index < -0.39 is 10.0 Å². The maximum absolute atomic E-state index is 11.9. The lowest BCUT2D eigenvalue weighted by Crippen LogP contribution is -2.12. The van der Waals surface area contributed by atoms with Crippen LogP contribution in [0.4, 0.5) is 5.13 Å². The van der Waals surface area contributed by atoms with Gasteiger partial charge in [-0.05, 0) is 13.0 Å². The predicted molar refractivity (Wildman–Crippen MR) is 66.3 cm³/mol. The highest BCUT2D eigenvalue weighted by Crippen LogP contribution is 2.20. The highest BCUT2D eigenvalue weighted by molar-refractivity contribution is 7.93. The highest BCUT2D eigenvalue weighted by atomic mass is 32.2. The Morgan fingerprint density at radius 1 is 1.59 bits per heavy atom. The summed E-state index contributed by atoms with van der Waals surface area (Å²) in [5, 5.41) is 2.14. The number of hydrogen-bond donors (Lipinski definition) is 3. The smallest absolute Gasteiger partial charge is 0.265 e. The van der Waals surface area contributed by atoms with Crippen molar-refractivity contribution in [1.82, 2.24) is 9.97 Å². The molecule has 0 spiro atoms. The standard InChI is InChI=1S/C9H12N4O2S2/c1-6-5-16-9(12-6)13-17(14,15)8-2-7(3-10)11-4-8/h2,4-5,11H,3,10H2,1H3,(H,12,13). The zero-order valence-electron chi connectivity index (χ0n) is 9.10. The van der Waals surface area contributed by atoms with Crippen molar-refractivity contribution in [2.24, 2.45) is 5.73 Å². The molecule has 0 radical (unpaired) electrons. The van der Waals surface area contributed by atoms with E-state index in [0.717, 1.165) is 5.69 Å². The third kappa shape index (κ3) is 2.65. The van der Waals surface area contributed by atoms with Crippen LogP contribution in [-0.2, 0) is 16.6 Å². The number of hydrogen-bond acceptors (Lipinski definition) is 5. The number of thiazole rings is 1. The van der Waals surface area contributed by atoms with Crippen molar-refractivity contribution in [3.63, 3.8) is 0 Å². The number of aromatic amines is 1. The van der Waals surface area contributed by atoms with Crippen LogP contribution in [0.25, 0.3) is 0 Å². The Labute approximate surface area is 103 Å². The van der Waals surface area contributed by atoms with E-state index in [1.54, 1.807) is 12.3 Å². The van der Waals surface area contributed by atoms with Gasteiger partial charge in [0.25, 0.3) is 10.0 Å². The number of rotatable bonds is 4. The van der Waals surface area contributed by atoms with Gasteiger partial charge in [-0.3, -0.25) is 4.72 Å². The summed E-state index contributed by atoms with van der Waals surface area (Å²) in [6, 6.07) is 1.50. The Kier molecular flexibility index (Phi) is 3.18. The molecule has 0 unspecified atom stereocenters. The van der Waals surface area contributed by atoms with E-state index in [1.807, 2.05) is 0 Å². The molecule has 0 aromatic carbocycles. The largest absolute Gasteiger partial charge is 0.363 e. The number of H-pyrrole nitrogens is 1. The van der Waals surface area contributed by atoms with Crippen LogP contribution in [-0.4, -0.2) is 18.4 Å². The fourth-order valence-corrected chi connectivity index (χ4v) is 3.22. The van der Waals surface area contributed by atoms with Crippen LogP contribution in [0.1, 0.15) is 11.4 Å². The van der Waals surface area contributed by atoms with Crippen molar-refractivity contribution >= 4 is 26.5 Å². The van der Waals surface area contributed by atoms with E-state index in [0.29, 0.717) is 10.8 Å². The van der Waals surface area contributed by atoms with Crippen LogP contribution < -0.4 is 10.5 Å². The molecule has 6 nitrogen and oxygen atoms in total. The fourth-order valence-electron chi connectivity index (χ4n) is 1.27. The second-order valence-electron chi connectivity index (χ2n) is 3.46. The van der Waals surface area contributed by atoms with Gasteiger partial charge in [-0.15, -0.1) is 11.3 Å². The molecule has 0 amide bonds. The first-order valence-electron chi connectivity index (χ1n) is 4.83. The summed E-state index contributed by atoms with van der Waals surface area (Å²) in [5.74, 6) is 0. The van der Waals surface area contributed by atoms with Crippen molar-refractivity contribution < 1.29 is 8.42 Å². The lowest BCUT2D eigenvalue weighted by atomic mass is 10.4. The first kappa shape index (κ1) is 12.1. The zero-order chi connectivity index (χ0) is 12.5. The van der Waals surface area contributed by atoms with Crippen LogP contribution in [0.15, 0.2) is 22.5 Å². The molecule has 0 fully saturated rings. The summed E-state index contributed by atoms with van der Waals surface area (Å²) in [6.45, 7) is 2.07. The van der Waals surface area contributed by atoms with Gasteiger partial charge in [0.15, 0.2) is 5.13 Å². The number of aromatic nitrogens is 2. The molecule has 2 rings (SSSR count).